The number of aliphatic imine (C=N–C) groups is 1. The molecule has 1 fully saturated rings. The number of hydrogen-bond donors (Lipinski definition) is 1. The van der Waals surface area contributed by atoms with Gasteiger partial charge in [0.2, 0.25) is 10.0 Å². The van der Waals surface area contributed by atoms with Crippen LogP contribution in [-0.4, -0.2) is 42.7 Å². The highest BCUT2D eigenvalue weighted by atomic mass is 32.2. The summed E-state index contributed by atoms with van der Waals surface area (Å²) in [5, 5.41) is 0.664. The summed E-state index contributed by atoms with van der Waals surface area (Å²) in [5.41, 5.74) is 2.32. The van der Waals surface area contributed by atoms with Crippen LogP contribution in [0.1, 0.15) is 29.8 Å². The largest absolute Gasteiger partial charge is 0.286 e. The van der Waals surface area contributed by atoms with Crippen LogP contribution in [0.15, 0.2) is 58.4 Å². The molecular formula is C20H23N3O3S2. The topological polar surface area (TPSA) is 78.8 Å². The van der Waals surface area contributed by atoms with Crippen molar-refractivity contribution in [3.63, 3.8) is 0 Å². The maximum Gasteiger partial charge on any atom is 0.259 e. The number of carbonyl (C=O) groups excluding carboxylic acids is 1. The van der Waals surface area contributed by atoms with E-state index in [1.165, 1.54) is 12.1 Å². The first kappa shape index (κ1) is 20.6. The number of thioether (sulfide) groups is 1. The van der Waals surface area contributed by atoms with E-state index in [-0.39, 0.29) is 16.8 Å². The molecule has 0 saturated carbocycles. The Morgan fingerprint density at radius 1 is 1.14 bits per heavy atom. The lowest BCUT2D eigenvalue weighted by Gasteiger charge is -2.16. The summed E-state index contributed by atoms with van der Waals surface area (Å²) in [6.45, 7) is 6.07. The van der Waals surface area contributed by atoms with E-state index in [0.717, 1.165) is 17.0 Å². The second kappa shape index (κ2) is 8.46. The molecule has 2 aromatic carbocycles. The number of nitrogens with zero attached hydrogens (tertiary/aromatic N) is 2. The van der Waals surface area contributed by atoms with Crippen molar-refractivity contribution >= 4 is 38.5 Å². The lowest BCUT2D eigenvalue weighted by molar-refractivity contribution is 0.0859. The molecule has 0 aromatic heterocycles. The zero-order chi connectivity index (χ0) is 20.3. The molecule has 1 aliphatic rings. The van der Waals surface area contributed by atoms with Gasteiger partial charge in [-0.05, 0) is 56.7 Å². The van der Waals surface area contributed by atoms with Gasteiger partial charge < -0.3 is 0 Å². The Kier molecular flexibility index (Phi) is 6.22. The summed E-state index contributed by atoms with van der Waals surface area (Å²) in [6, 6.07) is 13.6. The quantitative estimate of drug-likeness (QED) is 0.807. The van der Waals surface area contributed by atoms with Crippen LogP contribution in [0.4, 0.5) is 5.69 Å². The molecule has 8 heteroatoms. The standard InChI is InChI=1S/C20H23N3O3S2/c1-14(2)22-28(25,26)17-10-8-16(9-11-17)19(24)23-12-13-27-20(23)21-18-7-5-4-6-15(18)3/h4-11,14,22H,12-13H2,1-3H3. The molecule has 148 valence electrons. The van der Waals surface area contributed by atoms with Crippen molar-refractivity contribution < 1.29 is 13.2 Å². The first-order valence-electron chi connectivity index (χ1n) is 8.99. The minimum Gasteiger partial charge on any atom is -0.286 e. The zero-order valence-electron chi connectivity index (χ0n) is 16.0. The average molecular weight is 418 g/mol. The highest BCUT2D eigenvalue weighted by Gasteiger charge is 2.27. The maximum atomic E-state index is 12.9. The van der Waals surface area contributed by atoms with Crippen LogP contribution in [-0.2, 0) is 10.0 Å². The predicted molar refractivity (Wildman–Crippen MR) is 114 cm³/mol. The summed E-state index contributed by atoms with van der Waals surface area (Å²) in [4.78, 5) is 19.4. The minimum absolute atomic E-state index is 0.141. The van der Waals surface area contributed by atoms with Crippen LogP contribution in [0, 0.1) is 6.92 Å². The van der Waals surface area contributed by atoms with Gasteiger partial charge in [0.15, 0.2) is 5.17 Å². The molecule has 3 rings (SSSR count). The van der Waals surface area contributed by atoms with Crippen molar-refractivity contribution in [3.8, 4) is 0 Å². The van der Waals surface area contributed by atoms with E-state index in [1.807, 2.05) is 31.2 Å². The number of hydrogen-bond acceptors (Lipinski definition) is 5. The molecule has 1 heterocycles. The maximum absolute atomic E-state index is 12.9. The van der Waals surface area contributed by atoms with Gasteiger partial charge in [-0.25, -0.2) is 18.1 Å². The van der Waals surface area contributed by atoms with Crippen molar-refractivity contribution in [3.05, 3.63) is 59.7 Å². The van der Waals surface area contributed by atoms with Crippen molar-refractivity contribution in [1.29, 1.82) is 0 Å². The number of nitrogens with one attached hydrogen (secondary N) is 1. The number of amides is 1. The summed E-state index contributed by atoms with van der Waals surface area (Å²) in [7, 11) is -3.58. The molecule has 0 aliphatic carbocycles. The van der Waals surface area contributed by atoms with Gasteiger partial charge in [0.1, 0.15) is 0 Å². The summed E-state index contributed by atoms with van der Waals surface area (Å²) < 4.78 is 27.0. The van der Waals surface area contributed by atoms with Crippen molar-refractivity contribution in [2.75, 3.05) is 12.3 Å². The first-order valence-corrected chi connectivity index (χ1v) is 11.5. The van der Waals surface area contributed by atoms with Crippen molar-refractivity contribution in [1.82, 2.24) is 9.62 Å². The van der Waals surface area contributed by atoms with Crippen LogP contribution in [0.3, 0.4) is 0 Å². The molecule has 1 N–H and O–H groups in total. The second-order valence-electron chi connectivity index (χ2n) is 6.79. The number of amidine groups is 1. The van der Waals surface area contributed by atoms with Crippen LogP contribution in [0.25, 0.3) is 0 Å². The van der Waals surface area contributed by atoms with Gasteiger partial charge in [-0.1, -0.05) is 30.0 Å². The number of para-hydroxylation sites is 1. The van der Waals surface area contributed by atoms with E-state index in [9.17, 15) is 13.2 Å². The lowest BCUT2D eigenvalue weighted by atomic mass is 10.2. The Morgan fingerprint density at radius 3 is 2.46 bits per heavy atom. The smallest absolute Gasteiger partial charge is 0.259 e. The fraction of sp³-hybridized carbons (Fsp3) is 0.300. The SMILES string of the molecule is Cc1ccccc1N=C1SCCN1C(=O)c1ccc(S(=O)(=O)NC(C)C)cc1. The zero-order valence-corrected chi connectivity index (χ0v) is 17.7. The number of carbonyl (C=O) groups is 1. The van der Waals surface area contributed by atoms with Crippen LogP contribution >= 0.6 is 11.8 Å². The minimum atomic E-state index is -3.58. The summed E-state index contributed by atoms with van der Waals surface area (Å²) in [5.74, 6) is 0.597. The molecule has 1 aliphatic heterocycles. The molecule has 0 unspecified atom stereocenters. The number of sulfonamides is 1. The van der Waals surface area contributed by atoms with Gasteiger partial charge in [0, 0.05) is 23.9 Å². The number of aryl methyl sites for hydroxylation is 1. The second-order valence-corrected chi connectivity index (χ2v) is 9.56. The monoisotopic (exact) mass is 417 g/mol. The lowest BCUT2D eigenvalue weighted by Crippen LogP contribution is -2.32. The third kappa shape index (κ3) is 4.63. The fourth-order valence-electron chi connectivity index (χ4n) is 2.79. The molecule has 1 saturated heterocycles. The van der Waals surface area contributed by atoms with Gasteiger partial charge in [-0.15, -0.1) is 0 Å². The third-order valence-corrected chi connectivity index (χ3v) is 6.79. The average Bonchev–Trinajstić information content (AvgIpc) is 3.10. The van der Waals surface area contributed by atoms with E-state index in [4.69, 9.17) is 0 Å². The molecule has 6 nitrogen and oxygen atoms in total. The molecule has 2 aromatic rings. The van der Waals surface area contributed by atoms with Crippen LogP contribution < -0.4 is 4.72 Å². The highest BCUT2D eigenvalue weighted by molar-refractivity contribution is 8.14. The highest BCUT2D eigenvalue weighted by Crippen LogP contribution is 2.26. The van der Waals surface area contributed by atoms with E-state index in [2.05, 4.69) is 9.71 Å². The summed E-state index contributed by atoms with van der Waals surface area (Å²) in [6.07, 6.45) is 0. The molecule has 0 spiro atoms. The van der Waals surface area contributed by atoms with Gasteiger partial charge >= 0.3 is 0 Å². The Labute approximate surface area is 170 Å². The third-order valence-electron chi connectivity index (χ3n) is 4.16. The van der Waals surface area contributed by atoms with Gasteiger partial charge in [0.25, 0.3) is 5.91 Å². The van der Waals surface area contributed by atoms with E-state index >= 15 is 0 Å². The molecule has 1 amide bonds. The van der Waals surface area contributed by atoms with Crippen molar-refractivity contribution in [2.24, 2.45) is 4.99 Å². The normalized spacial score (nSPS) is 16.1. The Morgan fingerprint density at radius 2 is 1.82 bits per heavy atom. The Hall–Kier alpha value is -2.16. The number of benzene rings is 2. The molecule has 0 radical (unpaired) electrons. The van der Waals surface area contributed by atoms with Gasteiger partial charge in [-0.2, -0.15) is 0 Å². The van der Waals surface area contributed by atoms with E-state index in [1.54, 1.807) is 42.6 Å². The van der Waals surface area contributed by atoms with Crippen LogP contribution in [0.2, 0.25) is 0 Å². The fourth-order valence-corrected chi connectivity index (χ4v) is 4.99. The molecule has 28 heavy (non-hydrogen) atoms. The van der Waals surface area contributed by atoms with E-state index < -0.39 is 10.0 Å². The molecule has 0 atom stereocenters. The first-order chi connectivity index (χ1) is 13.3. The number of rotatable bonds is 5. The van der Waals surface area contributed by atoms with E-state index in [0.29, 0.717) is 17.3 Å². The van der Waals surface area contributed by atoms with Crippen LogP contribution in [0.5, 0.6) is 0 Å². The molecular weight excluding hydrogens is 394 g/mol. The van der Waals surface area contributed by atoms with Crippen molar-refractivity contribution in [2.45, 2.75) is 31.7 Å². The summed E-state index contributed by atoms with van der Waals surface area (Å²) >= 11 is 1.54. The van der Waals surface area contributed by atoms with Gasteiger partial charge in [-0.3, -0.25) is 9.69 Å². The Bertz CT molecular complexity index is 1000. The predicted octanol–water partition coefficient (Wildman–Crippen LogP) is 3.56. The molecule has 0 bridgehead atoms. The Balaban J connectivity index is 1.82. The van der Waals surface area contributed by atoms with Gasteiger partial charge in [0.05, 0.1) is 10.6 Å².